The Bertz CT molecular complexity index is 2360. The quantitative estimate of drug-likeness (QED) is 0.0298. The molecule has 7 rings (SSSR count). The number of fused-ring (bicyclic) bond motifs is 3. The molecule has 0 radical (unpaired) electrons. The van der Waals surface area contributed by atoms with Gasteiger partial charge in [-0.05, 0) is 110 Å². The first kappa shape index (κ1) is 53.6. The molecule has 0 bridgehead atoms. The van der Waals surface area contributed by atoms with Crippen LogP contribution >= 0.6 is 0 Å². The standard InChI is InChI=1S/C60H81N3O8/c1-5-8-9-10-11-12-13-14-15-22-38-67-59(66)63(42-47-29-24-28-45-26-16-17-31-50(45)47)56-41-54(62-70-7-3)52-39-46(27-18-20-35-64)51(32-19-21-36-65)57-53-40-49(68-43-48-30-23-25-44(4)61-48)33-34-55(53)71-60(56,58(52)57)69-37-6-2/h6,16-17,23-26,28-31,33-34,39-40,46,51,56-58,64-65H,2,5,7-15,18-22,27,32,35-38,41-43H2,1,3-4H3. The van der Waals surface area contributed by atoms with Crippen molar-refractivity contribution in [2.45, 2.75) is 161 Å². The van der Waals surface area contributed by atoms with E-state index in [0.29, 0.717) is 44.2 Å². The summed E-state index contributed by atoms with van der Waals surface area (Å²) in [7, 11) is 0. The maximum atomic E-state index is 15.3. The van der Waals surface area contributed by atoms with Crippen LogP contribution < -0.4 is 9.47 Å². The average Bonchev–Trinajstić information content (AvgIpc) is 3.38. The third-order valence-electron chi connectivity index (χ3n) is 14.8. The molecular formula is C60H81N3O8. The molecule has 3 aromatic carbocycles. The Kier molecular flexibility index (Phi) is 20.8. The van der Waals surface area contributed by atoms with Gasteiger partial charge in [-0.25, -0.2) is 4.79 Å². The number of aromatic nitrogens is 1. The molecule has 1 saturated carbocycles. The minimum Gasteiger partial charge on any atom is -0.487 e. The van der Waals surface area contributed by atoms with E-state index in [9.17, 15) is 10.2 Å². The molecule has 2 heterocycles. The Labute approximate surface area is 423 Å². The Balaban J connectivity index is 1.33. The van der Waals surface area contributed by atoms with Crippen LogP contribution in [0.5, 0.6) is 11.5 Å². The monoisotopic (exact) mass is 972 g/mol. The first-order valence-electron chi connectivity index (χ1n) is 27.0. The molecule has 11 nitrogen and oxygen atoms in total. The van der Waals surface area contributed by atoms with E-state index in [-0.39, 0.29) is 50.5 Å². The summed E-state index contributed by atoms with van der Waals surface area (Å²) in [6.07, 6.45) is 20.5. The highest BCUT2D eigenvalue weighted by molar-refractivity contribution is 6.03. The number of nitrogens with zero attached hydrogens (tertiary/aromatic N) is 3. The van der Waals surface area contributed by atoms with Crippen LogP contribution in [0.25, 0.3) is 10.8 Å². The number of hydrogen-bond acceptors (Lipinski definition) is 10. The summed E-state index contributed by atoms with van der Waals surface area (Å²) in [5, 5.41) is 27.2. The van der Waals surface area contributed by atoms with Gasteiger partial charge in [0, 0.05) is 36.8 Å². The molecule has 1 fully saturated rings. The largest absolute Gasteiger partial charge is 0.487 e. The van der Waals surface area contributed by atoms with E-state index in [2.05, 4.69) is 49.9 Å². The van der Waals surface area contributed by atoms with Crippen molar-refractivity contribution in [3.63, 3.8) is 0 Å². The lowest BCUT2D eigenvalue weighted by Gasteiger charge is -2.60. The number of hydrogen-bond donors (Lipinski definition) is 2. The van der Waals surface area contributed by atoms with Crippen molar-refractivity contribution in [1.29, 1.82) is 0 Å². The number of carbonyl (C=O) groups excluding carboxylic acids is 1. The molecule has 2 N–H and O–H groups in total. The Morgan fingerprint density at radius 2 is 1.61 bits per heavy atom. The minimum atomic E-state index is -1.43. The maximum absolute atomic E-state index is 15.3. The van der Waals surface area contributed by atoms with E-state index >= 15 is 4.79 Å². The van der Waals surface area contributed by atoms with Gasteiger partial charge >= 0.3 is 6.09 Å². The predicted molar refractivity (Wildman–Crippen MR) is 283 cm³/mol. The molecule has 1 aliphatic heterocycles. The Morgan fingerprint density at radius 1 is 0.873 bits per heavy atom. The van der Waals surface area contributed by atoms with Gasteiger partial charge in [0.1, 0.15) is 30.8 Å². The van der Waals surface area contributed by atoms with Crippen molar-refractivity contribution in [2.24, 2.45) is 22.9 Å². The van der Waals surface area contributed by atoms with Crippen LogP contribution in [0.15, 0.2) is 108 Å². The number of unbranched alkanes of at least 4 members (excludes halogenated alkanes) is 11. The van der Waals surface area contributed by atoms with Gasteiger partial charge < -0.3 is 34.0 Å². The second kappa shape index (κ2) is 27.6. The Hall–Kier alpha value is -5.23. The van der Waals surface area contributed by atoms with Gasteiger partial charge in [-0.15, -0.1) is 6.58 Å². The van der Waals surface area contributed by atoms with Crippen LogP contribution in [0.2, 0.25) is 0 Å². The molecule has 0 saturated heterocycles. The molecule has 1 aromatic heterocycles. The normalized spacial score (nSPS) is 21.7. The van der Waals surface area contributed by atoms with Crippen molar-refractivity contribution < 1.29 is 38.8 Å². The molecule has 0 spiro atoms. The van der Waals surface area contributed by atoms with E-state index in [0.717, 1.165) is 89.5 Å². The maximum Gasteiger partial charge on any atom is 0.410 e. The zero-order valence-corrected chi connectivity index (χ0v) is 42.9. The number of benzene rings is 3. The van der Waals surface area contributed by atoms with Crippen LogP contribution in [0.1, 0.15) is 151 Å². The van der Waals surface area contributed by atoms with Crippen molar-refractivity contribution in [1.82, 2.24) is 9.88 Å². The summed E-state index contributed by atoms with van der Waals surface area (Å²) >= 11 is 0. The van der Waals surface area contributed by atoms with Crippen molar-refractivity contribution >= 4 is 22.6 Å². The topological polar surface area (TPSA) is 132 Å². The van der Waals surface area contributed by atoms with Crippen LogP contribution in [0.4, 0.5) is 4.79 Å². The summed E-state index contributed by atoms with van der Waals surface area (Å²) in [4.78, 5) is 27.8. The van der Waals surface area contributed by atoms with Crippen LogP contribution in [0, 0.1) is 24.7 Å². The number of aliphatic hydroxyl groups excluding tert-OH is 2. The average molecular weight is 972 g/mol. The summed E-state index contributed by atoms with van der Waals surface area (Å²) in [6, 6.07) is 25.8. The molecule has 3 aliphatic rings. The van der Waals surface area contributed by atoms with Gasteiger partial charge in [-0.2, -0.15) is 0 Å². The van der Waals surface area contributed by atoms with Crippen molar-refractivity contribution in [3.05, 3.63) is 126 Å². The highest BCUT2D eigenvalue weighted by Crippen LogP contribution is 2.62. The van der Waals surface area contributed by atoms with Crippen LogP contribution in [-0.4, -0.2) is 76.8 Å². The number of allylic oxidation sites excluding steroid dienone is 1. The number of oxime groups is 1. The molecule has 1 amide bonds. The first-order valence-corrected chi connectivity index (χ1v) is 27.0. The van der Waals surface area contributed by atoms with Gasteiger partial charge in [-0.3, -0.25) is 9.88 Å². The SMILES string of the molecule is C=CCOC12Oc3ccc(OCc4cccc(C)n4)cc3C3C(CCCCO)C(CCCCO)C=C(C(=NOCC)CC1N(Cc1cccc4ccccc14)C(=O)OCCCCCCCCCCCC)C32. The molecule has 384 valence electrons. The van der Waals surface area contributed by atoms with E-state index in [1.807, 2.05) is 67.3 Å². The zero-order chi connectivity index (χ0) is 49.8. The molecule has 4 aromatic rings. The second-order valence-corrected chi connectivity index (χ2v) is 19.8. The van der Waals surface area contributed by atoms with Gasteiger partial charge in [0.25, 0.3) is 0 Å². The number of carbonyl (C=O) groups is 1. The van der Waals surface area contributed by atoms with E-state index in [4.69, 9.17) is 33.9 Å². The fraction of sp³-hybridized carbons (Fsp3) is 0.550. The third-order valence-corrected chi connectivity index (χ3v) is 14.8. The fourth-order valence-electron chi connectivity index (χ4n) is 11.5. The smallest absolute Gasteiger partial charge is 0.410 e. The lowest BCUT2D eigenvalue weighted by atomic mass is 9.55. The number of rotatable bonds is 30. The summed E-state index contributed by atoms with van der Waals surface area (Å²) in [6.45, 7) is 11.9. The molecule has 6 atom stereocenters. The van der Waals surface area contributed by atoms with Gasteiger partial charge in [-0.1, -0.05) is 143 Å². The zero-order valence-electron chi connectivity index (χ0n) is 42.9. The summed E-state index contributed by atoms with van der Waals surface area (Å²) < 4.78 is 27.7. The molecule has 11 heteroatoms. The lowest BCUT2D eigenvalue weighted by Crippen LogP contribution is -2.70. The number of amides is 1. The molecule has 71 heavy (non-hydrogen) atoms. The number of aryl methyl sites for hydroxylation is 1. The number of ether oxygens (including phenoxy) is 4. The highest BCUT2D eigenvalue weighted by Gasteiger charge is 2.65. The second-order valence-electron chi connectivity index (χ2n) is 19.8. The summed E-state index contributed by atoms with van der Waals surface area (Å²) in [5.74, 6) is -0.555. The van der Waals surface area contributed by atoms with Gasteiger partial charge in [0.05, 0.1) is 37.1 Å². The number of pyridine rings is 1. The predicted octanol–water partition coefficient (Wildman–Crippen LogP) is 13.3. The molecule has 2 aliphatic carbocycles. The lowest BCUT2D eigenvalue weighted by molar-refractivity contribution is -0.256. The van der Waals surface area contributed by atoms with E-state index in [1.54, 1.807) is 6.08 Å². The van der Waals surface area contributed by atoms with E-state index < -0.39 is 23.8 Å². The fourth-order valence-corrected chi connectivity index (χ4v) is 11.5. The summed E-state index contributed by atoms with van der Waals surface area (Å²) in [5.41, 5.74) is 5.48. The third kappa shape index (κ3) is 13.6. The van der Waals surface area contributed by atoms with Crippen LogP contribution in [0.3, 0.4) is 0 Å². The van der Waals surface area contributed by atoms with Gasteiger partial charge in [0.2, 0.25) is 5.79 Å². The van der Waals surface area contributed by atoms with E-state index in [1.165, 1.54) is 44.9 Å². The highest BCUT2D eigenvalue weighted by atomic mass is 16.7. The Morgan fingerprint density at radius 3 is 2.35 bits per heavy atom. The van der Waals surface area contributed by atoms with Crippen molar-refractivity contribution in [3.8, 4) is 11.5 Å². The number of aliphatic hydroxyl groups is 2. The molecular weight excluding hydrogens is 891 g/mol. The first-order chi connectivity index (χ1) is 34.8. The minimum absolute atomic E-state index is 0.0685. The van der Waals surface area contributed by atoms with Gasteiger partial charge in [0.15, 0.2) is 0 Å². The molecule has 6 unspecified atom stereocenters. The van der Waals surface area contributed by atoms with Crippen LogP contribution in [-0.2, 0) is 27.5 Å². The van der Waals surface area contributed by atoms with Crippen molar-refractivity contribution in [2.75, 3.05) is 33.0 Å².